The van der Waals surface area contributed by atoms with Crippen LogP contribution in [-0.2, 0) is 38.0 Å². The third-order valence-corrected chi connectivity index (χ3v) is 22.7. The van der Waals surface area contributed by atoms with Gasteiger partial charge in [-0.3, -0.25) is 14.4 Å². The van der Waals surface area contributed by atoms with Gasteiger partial charge in [0.25, 0.3) is 0 Å². The second-order valence-electron chi connectivity index (χ2n) is 27.4. The summed E-state index contributed by atoms with van der Waals surface area (Å²) in [5, 5.41) is 91.6. The number of ether oxygens (including phenoxy) is 6. The van der Waals surface area contributed by atoms with Crippen molar-refractivity contribution in [1.82, 2.24) is 5.32 Å². The van der Waals surface area contributed by atoms with Crippen LogP contribution in [0.4, 0.5) is 0 Å². The van der Waals surface area contributed by atoms with Gasteiger partial charge in [-0.2, -0.15) is 0 Å². The van der Waals surface area contributed by atoms with Crippen LogP contribution in [0.5, 0.6) is 0 Å². The molecule has 450 valence electrons. The number of hydrogen-bond acceptors (Lipinski definition) is 17. The van der Waals surface area contributed by atoms with Crippen molar-refractivity contribution in [3.05, 3.63) is 45.0 Å². The van der Waals surface area contributed by atoms with E-state index in [4.69, 9.17) is 28.4 Å². The molecule has 0 bridgehead atoms. The zero-order valence-electron chi connectivity index (χ0n) is 48.1. The summed E-state index contributed by atoms with van der Waals surface area (Å²) < 4.78 is 37.8. The van der Waals surface area contributed by atoms with Gasteiger partial charge in [-0.25, -0.2) is 0 Å². The quantitative estimate of drug-likeness (QED) is 0.0313. The number of halogens is 1. The van der Waals surface area contributed by atoms with Crippen molar-refractivity contribution in [1.29, 1.82) is 0 Å². The molecule has 5 aliphatic carbocycles. The predicted octanol–water partition coefficient (Wildman–Crippen LogP) is 5.76. The second-order valence-corrected chi connectivity index (χ2v) is 28.7. The van der Waals surface area contributed by atoms with Crippen molar-refractivity contribution in [3.63, 3.8) is 0 Å². The van der Waals surface area contributed by atoms with Crippen molar-refractivity contribution in [2.24, 2.45) is 50.2 Å². The summed E-state index contributed by atoms with van der Waals surface area (Å²) in [5.41, 5.74) is 0.350. The fourth-order valence-electron chi connectivity index (χ4n) is 16.8. The lowest BCUT2D eigenvalue weighted by Crippen LogP contribution is -2.68. The number of nitrogens with one attached hydrogen (secondary N) is 1. The zero-order valence-corrected chi connectivity index (χ0v) is 50.3. The van der Waals surface area contributed by atoms with Crippen LogP contribution in [-0.4, -0.2) is 164 Å². The van der Waals surface area contributed by atoms with Crippen molar-refractivity contribution in [3.8, 4) is 0 Å². The van der Waals surface area contributed by atoms with Crippen molar-refractivity contribution in [2.75, 3.05) is 13.2 Å². The summed E-state index contributed by atoms with van der Waals surface area (Å²) in [6, 6.07) is 6.11. The maximum Gasteiger partial charge on any atom is 0.315 e. The Morgan fingerprint density at radius 1 is 0.713 bits per heavy atom. The Kier molecular flexibility index (Phi) is 18.6. The van der Waals surface area contributed by atoms with E-state index in [9.17, 15) is 50.4 Å². The van der Waals surface area contributed by atoms with E-state index in [0.717, 1.165) is 54.9 Å². The highest BCUT2D eigenvalue weighted by molar-refractivity contribution is 14.1. The molecule has 0 radical (unpaired) electrons. The van der Waals surface area contributed by atoms with E-state index < -0.39 is 110 Å². The number of aliphatic hydroxyl groups excluding tert-OH is 8. The summed E-state index contributed by atoms with van der Waals surface area (Å²) in [7, 11) is 0. The first-order valence-corrected chi connectivity index (χ1v) is 30.8. The molecular formula is C61H92INO17. The average Bonchev–Trinajstić information content (AvgIpc) is 2.48. The van der Waals surface area contributed by atoms with E-state index in [1.54, 1.807) is 0 Å². The maximum absolute atomic E-state index is 15.7. The minimum Gasteiger partial charge on any atom is -0.432 e. The fourth-order valence-corrected chi connectivity index (χ4v) is 17.2. The molecule has 0 spiro atoms. The SMILES string of the molecule is C[C@H]1O[C@@H](OC2C(O)C(NC(=O)CCCCCCC(=O)c3ccc(I)cc3)[C@H](CO)O[C@H]2OC(=O)[C@]23CCC(C)(C)CC2C2=CCC4C5(C)CC[C@H](O)C(C)(C)[C@@H]5CC[C@]4(C)[C@]2(C)CC3)C(O)C(O)C1O[C@@H]1OCC(O)C(O)C1O. The van der Waals surface area contributed by atoms with Crippen molar-refractivity contribution in [2.45, 2.75) is 250 Å². The molecule has 4 saturated carbocycles. The van der Waals surface area contributed by atoms with Gasteiger partial charge in [0.15, 0.2) is 24.5 Å². The first kappa shape index (κ1) is 62.3. The molecule has 18 nitrogen and oxygen atoms in total. The molecule has 19 heteroatoms. The van der Waals surface area contributed by atoms with Gasteiger partial charge in [0, 0.05) is 22.0 Å². The fraction of sp³-hybridized carbons (Fsp3) is 0.820. The van der Waals surface area contributed by atoms with E-state index in [1.165, 1.54) is 12.5 Å². The van der Waals surface area contributed by atoms with Gasteiger partial charge in [-0.05, 0) is 164 Å². The minimum atomic E-state index is -1.89. The maximum atomic E-state index is 15.7. The van der Waals surface area contributed by atoms with E-state index >= 15 is 4.79 Å². The van der Waals surface area contributed by atoms with Gasteiger partial charge in [0.05, 0.1) is 36.9 Å². The number of carbonyl (C=O) groups is 3. The van der Waals surface area contributed by atoms with Gasteiger partial charge < -0.3 is 74.6 Å². The number of ketones is 1. The van der Waals surface area contributed by atoms with Gasteiger partial charge >= 0.3 is 5.97 Å². The number of hydrogen-bond donors (Lipinski definition) is 9. The van der Waals surface area contributed by atoms with E-state index in [0.29, 0.717) is 62.3 Å². The third-order valence-electron chi connectivity index (χ3n) is 22.0. The lowest BCUT2D eigenvalue weighted by molar-refractivity contribution is -0.369. The zero-order chi connectivity index (χ0) is 58.1. The molecule has 80 heavy (non-hydrogen) atoms. The Bertz CT molecular complexity index is 2410. The Morgan fingerprint density at radius 2 is 1.38 bits per heavy atom. The number of rotatable bonds is 16. The van der Waals surface area contributed by atoms with Crippen molar-refractivity contribution < 1.29 is 83.7 Å². The largest absolute Gasteiger partial charge is 0.432 e. The van der Waals surface area contributed by atoms with Crippen LogP contribution < -0.4 is 5.32 Å². The van der Waals surface area contributed by atoms with Gasteiger partial charge in [-0.15, -0.1) is 0 Å². The number of unbranched alkanes of at least 4 members (excludes halogenated alkanes) is 3. The van der Waals surface area contributed by atoms with Crippen LogP contribution in [0.1, 0.15) is 168 Å². The molecule has 3 aliphatic heterocycles. The smallest absolute Gasteiger partial charge is 0.315 e. The number of aliphatic hydroxyl groups is 8. The van der Waals surface area contributed by atoms with Crippen molar-refractivity contribution >= 4 is 40.3 Å². The summed E-state index contributed by atoms with van der Waals surface area (Å²) in [5.74, 6) is -0.381. The van der Waals surface area contributed by atoms with Crippen LogP contribution in [0.2, 0.25) is 0 Å². The number of carbonyl (C=O) groups excluding carboxylic acids is 3. The molecular weight excluding hydrogens is 1150 g/mol. The number of Topliss-reactive ketones (excluding diaryl/α,β-unsaturated/α-hetero) is 1. The predicted molar refractivity (Wildman–Crippen MR) is 300 cm³/mol. The lowest BCUT2D eigenvalue weighted by Gasteiger charge is -2.71. The topological polar surface area (TPSA) is 280 Å². The Hall–Kier alpha value is -2.22. The van der Waals surface area contributed by atoms with Crippen LogP contribution >= 0.6 is 22.6 Å². The van der Waals surface area contributed by atoms with Crippen LogP contribution in [0.3, 0.4) is 0 Å². The number of fused-ring (bicyclic) bond motifs is 7. The first-order chi connectivity index (χ1) is 37.6. The molecule has 22 atom stereocenters. The Morgan fingerprint density at radius 3 is 2.08 bits per heavy atom. The van der Waals surface area contributed by atoms with Crippen LogP contribution in [0, 0.1) is 53.8 Å². The summed E-state index contributed by atoms with van der Waals surface area (Å²) in [6.45, 7) is 16.8. The number of allylic oxidation sites excluding steroid dienone is 2. The molecule has 8 aliphatic rings. The van der Waals surface area contributed by atoms with E-state index in [1.807, 2.05) is 24.3 Å². The minimum absolute atomic E-state index is 0.0251. The molecule has 3 saturated heterocycles. The summed E-state index contributed by atoms with van der Waals surface area (Å²) >= 11 is 2.19. The molecule has 7 fully saturated rings. The Labute approximate surface area is 485 Å². The molecule has 0 aromatic heterocycles. The third kappa shape index (κ3) is 11.4. The van der Waals surface area contributed by atoms with Crippen LogP contribution in [0.15, 0.2) is 35.9 Å². The standard InChI is InChI=1S/C61H92INO17/c1-32-50(78-52-48(72)45(69)38(66)31-75-52)47(71)49(73)53(76-32)79-51-46(70)44(63-43(68)14-12-10-9-11-13-37(65)33-15-17-34(62)18-16-33)39(30-64)77-54(51)80-55(74)61-27-25-56(2,3)29-36(61)35-19-20-41-58(6)23-22-42(67)57(4,5)40(58)21-24-60(41,8)59(35,7)26-28-61/h15-19,32,36,38-42,44-54,64,66-67,69-73H,9-14,20-31H2,1-8H3,(H,63,68)/t32-,36?,38?,39+,40+,41?,42+,44?,45?,46?,47?,48?,49?,50?,51?,52+,53+,54+,58?,59-,60+,61+/m1/s1. The molecule has 9 rings (SSSR count). The van der Waals surface area contributed by atoms with Gasteiger partial charge in [0.2, 0.25) is 12.2 Å². The molecule has 1 aromatic carbocycles. The second kappa shape index (κ2) is 23.9. The molecule has 12 unspecified atom stereocenters. The molecule has 3 heterocycles. The van der Waals surface area contributed by atoms with Gasteiger partial charge in [-0.1, -0.05) is 85.1 Å². The normalized spacial score (nSPS) is 44.9. The lowest BCUT2D eigenvalue weighted by atomic mass is 9.33. The highest BCUT2D eigenvalue weighted by Gasteiger charge is 2.70. The highest BCUT2D eigenvalue weighted by Crippen LogP contribution is 2.76. The summed E-state index contributed by atoms with van der Waals surface area (Å²) in [4.78, 5) is 42.1. The number of amides is 1. The number of esters is 1. The summed E-state index contributed by atoms with van der Waals surface area (Å²) in [6.07, 6.45) is -7.49. The Balaban J connectivity index is 0.946. The average molecular weight is 1240 g/mol. The van der Waals surface area contributed by atoms with Gasteiger partial charge in [0.1, 0.15) is 48.8 Å². The molecule has 9 N–H and O–H groups in total. The van der Waals surface area contributed by atoms with Crippen LogP contribution in [0.25, 0.3) is 0 Å². The monoisotopic (exact) mass is 1240 g/mol. The highest BCUT2D eigenvalue weighted by atomic mass is 127. The first-order valence-electron chi connectivity index (χ1n) is 29.7. The number of benzene rings is 1. The molecule has 1 aromatic rings. The van der Waals surface area contributed by atoms with E-state index in [-0.39, 0.29) is 57.9 Å². The van der Waals surface area contributed by atoms with E-state index in [2.05, 4.69) is 82.4 Å². The molecule has 1 amide bonds.